The number of phenols is 1. The van der Waals surface area contributed by atoms with Gasteiger partial charge in [-0.2, -0.15) is 0 Å². The number of nitrogens with zero attached hydrogens (tertiary/aromatic N) is 2. The van der Waals surface area contributed by atoms with Crippen molar-refractivity contribution in [3.8, 4) is 17.2 Å². The molecule has 0 radical (unpaired) electrons. The highest BCUT2D eigenvalue weighted by molar-refractivity contribution is 6.58. The number of imide groups is 2. The fourth-order valence-electron chi connectivity index (χ4n) is 8.15. The van der Waals surface area contributed by atoms with Crippen LogP contribution in [0.4, 0.5) is 33.3 Å². The zero-order valence-corrected chi connectivity index (χ0v) is 29.1. The molecular formula is C36H25Cl2F5N2O8. The maximum atomic E-state index is 15.3. The summed E-state index contributed by atoms with van der Waals surface area (Å²) in [5.74, 6) is -23.7. The summed E-state index contributed by atoms with van der Waals surface area (Å²) in [5.41, 5.74) is -1.69. The lowest BCUT2D eigenvalue weighted by Crippen LogP contribution is -2.60. The number of rotatable bonds is 6. The van der Waals surface area contributed by atoms with Crippen molar-refractivity contribution < 1.29 is 60.5 Å². The SMILES string of the molecule is COc1cc(O)c(C2C3=CCC4C(=O)N(c5ccc(C(C)=O)cc5)C(=O)C4C3CC3(Cl)C(=O)N(c4c(F)c(F)c(F)c(F)c4F)C(=O)C23Cl)c(OC)c1. The van der Waals surface area contributed by atoms with Crippen molar-refractivity contribution >= 4 is 64.0 Å². The second-order valence-corrected chi connectivity index (χ2v) is 14.3. The van der Waals surface area contributed by atoms with Crippen molar-refractivity contribution in [2.24, 2.45) is 17.8 Å². The molecular weight excluding hydrogens is 754 g/mol. The van der Waals surface area contributed by atoms with E-state index in [0.717, 1.165) is 11.0 Å². The lowest BCUT2D eigenvalue weighted by Gasteiger charge is -2.50. The minimum Gasteiger partial charge on any atom is -0.507 e. The number of aromatic hydroxyl groups is 1. The van der Waals surface area contributed by atoms with E-state index in [1.54, 1.807) is 0 Å². The number of ketones is 1. The van der Waals surface area contributed by atoms with Gasteiger partial charge in [0.25, 0.3) is 11.8 Å². The number of carbonyl (C=O) groups is 5. The number of allylic oxidation sites excluding steroid dienone is 2. The molecule has 3 aromatic rings. The molecule has 3 fully saturated rings. The highest BCUT2D eigenvalue weighted by Gasteiger charge is 2.77. The molecule has 276 valence electrons. The van der Waals surface area contributed by atoms with Crippen LogP contribution in [0.25, 0.3) is 0 Å². The van der Waals surface area contributed by atoms with Crippen molar-refractivity contribution in [3.05, 3.63) is 88.3 Å². The number of phenolic OH excluding ortho intramolecular Hbond substituents is 1. The fraction of sp³-hybridized carbons (Fsp3) is 0.306. The average Bonchev–Trinajstić information content (AvgIpc) is 3.47. The molecule has 2 aliphatic heterocycles. The van der Waals surface area contributed by atoms with Gasteiger partial charge in [0.05, 0.1) is 31.7 Å². The van der Waals surface area contributed by atoms with Crippen LogP contribution in [0.3, 0.4) is 0 Å². The zero-order chi connectivity index (χ0) is 38.6. The number of alkyl halides is 2. The highest BCUT2D eigenvalue weighted by atomic mass is 35.5. The third-order valence-corrected chi connectivity index (χ3v) is 12.0. The van der Waals surface area contributed by atoms with E-state index < -0.39 is 104 Å². The normalized spacial score (nSPS) is 27.8. The molecule has 4 aliphatic rings. The predicted molar refractivity (Wildman–Crippen MR) is 177 cm³/mol. The zero-order valence-electron chi connectivity index (χ0n) is 27.6. The molecule has 0 spiro atoms. The van der Waals surface area contributed by atoms with Crippen molar-refractivity contribution in [2.45, 2.75) is 35.4 Å². The molecule has 1 N–H and O–H groups in total. The molecule has 1 saturated carbocycles. The topological polar surface area (TPSA) is 131 Å². The van der Waals surface area contributed by atoms with Gasteiger partial charge in [0.2, 0.25) is 17.6 Å². The van der Waals surface area contributed by atoms with Crippen LogP contribution in [0, 0.1) is 46.8 Å². The third-order valence-electron chi connectivity index (χ3n) is 10.6. The first kappa shape index (κ1) is 36.3. The van der Waals surface area contributed by atoms with Gasteiger partial charge in [0.15, 0.2) is 38.8 Å². The molecule has 2 heterocycles. The summed E-state index contributed by atoms with van der Waals surface area (Å²) in [7, 11) is 2.44. The number of methoxy groups -OCH3 is 2. The van der Waals surface area contributed by atoms with Crippen molar-refractivity contribution in [3.63, 3.8) is 0 Å². The molecule has 7 rings (SSSR count). The van der Waals surface area contributed by atoms with Crippen LogP contribution in [0.1, 0.15) is 41.6 Å². The highest BCUT2D eigenvalue weighted by Crippen LogP contribution is 2.67. The Morgan fingerprint density at radius 2 is 1.43 bits per heavy atom. The molecule has 3 aromatic carbocycles. The molecule has 10 nitrogen and oxygen atoms in total. The molecule has 6 unspecified atom stereocenters. The van der Waals surface area contributed by atoms with Gasteiger partial charge in [-0.25, -0.2) is 26.9 Å². The summed E-state index contributed by atoms with van der Waals surface area (Å²) in [6, 6.07) is 8.02. The quantitative estimate of drug-likeness (QED) is 0.0607. The Labute approximate surface area is 306 Å². The maximum absolute atomic E-state index is 15.3. The van der Waals surface area contributed by atoms with E-state index in [1.165, 1.54) is 57.6 Å². The number of fused-ring (bicyclic) bond motifs is 4. The van der Waals surface area contributed by atoms with Gasteiger partial charge in [-0.3, -0.25) is 28.9 Å². The average molecular weight is 779 g/mol. The number of carbonyl (C=O) groups excluding carboxylic acids is 5. The van der Waals surface area contributed by atoms with Crippen LogP contribution >= 0.6 is 23.2 Å². The van der Waals surface area contributed by atoms with Crippen LogP contribution in [-0.4, -0.2) is 58.5 Å². The van der Waals surface area contributed by atoms with Gasteiger partial charge in [-0.1, -0.05) is 11.6 Å². The van der Waals surface area contributed by atoms with Gasteiger partial charge in [0, 0.05) is 29.2 Å². The Balaban J connectivity index is 1.45. The first-order valence-electron chi connectivity index (χ1n) is 15.9. The molecule has 6 atom stereocenters. The van der Waals surface area contributed by atoms with Crippen molar-refractivity contribution in [1.29, 1.82) is 0 Å². The summed E-state index contributed by atoms with van der Waals surface area (Å²) in [5, 5.41) is 11.4. The maximum Gasteiger partial charge on any atom is 0.258 e. The van der Waals surface area contributed by atoms with E-state index in [1.807, 2.05) is 0 Å². The lowest BCUT2D eigenvalue weighted by molar-refractivity contribution is -0.125. The smallest absolute Gasteiger partial charge is 0.258 e. The molecule has 0 bridgehead atoms. The van der Waals surface area contributed by atoms with Crippen molar-refractivity contribution in [2.75, 3.05) is 24.0 Å². The Hall–Kier alpha value is -5.02. The number of anilines is 2. The Bertz CT molecular complexity index is 2210. The second kappa shape index (κ2) is 12.3. The molecule has 2 aliphatic carbocycles. The fourth-order valence-corrected chi connectivity index (χ4v) is 9.07. The summed E-state index contributed by atoms with van der Waals surface area (Å²) in [6.07, 6.45) is 0.602. The Morgan fingerprint density at radius 1 is 0.830 bits per heavy atom. The summed E-state index contributed by atoms with van der Waals surface area (Å²) in [4.78, 5) is 63.9. The monoisotopic (exact) mass is 778 g/mol. The van der Waals surface area contributed by atoms with E-state index in [-0.39, 0.29) is 45.4 Å². The van der Waals surface area contributed by atoms with E-state index in [4.69, 9.17) is 32.7 Å². The van der Waals surface area contributed by atoms with E-state index in [2.05, 4.69) is 0 Å². The summed E-state index contributed by atoms with van der Waals surface area (Å²) >= 11 is 14.3. The number of benzene rings is 3. The standard InChI is InChI=1S/C36H25Cl2F5N2O8/c1-13(46)14-4-6-15(7-5-14)44-31(48)18-9-8-17-19(22(18)32(44)49)12-35(37)33(50)45(30-28(42)26(40)25(39)27(41)29(30)43)34(51)36(35,38)24(17)23-20(47)10-16(52-2)11-21(23)53-3/h4-8,10-11,18-19,22,24,47H,9,12H2,1-3H3. The molecule has 17 heteroatoms. The van der Waals surface area contributed by atoms with E-state index in [9.17, 15) is 42.3 Å². The molecule has 0 aromatic heterocycles. The molecule has 53 heavy (non-hydrogen) atoms. The number of Topliss-reactive ketones (excluding diaryl/α,β-unsaturated/α-hetero) is 1. The number of ether oxygens (including phenoxy) is 2. The number of hydrogen-bond donors (Lipinski definition) is 1. The lowest BCUT2D eigenvalue weighted by atomic mass is 9.56. The van der Waals surface area contributed by atoms with E-state index >= 15 is 8.78 Å². The van der Waals surface area contributed by atoms with Crippen LogP contribution in [0.2, 0.25) is 0 Å². The van der Waals surface area contributed by atoms with Crippen LogP contribution in [0.15, 0.2) is 48.0 Å². The predicted octanol–water partition coefficient (Wildman–Crippen LogP) is 6.08. The molecule has 2 saturated heterocycles. The van der Waals surface area contributed by atoms with Gasteiger partial charge in [-0.15, -0.1) is 23.2 Å². The number of amides is 4. The van der Waals surface area contributed by atoms with Crippen molar-refractivity contribution in [1.82, 2.24) is 0 Å². The van der Waals surface area contributed by atoms with Gasteiger partial charge < -0.3 is 14.6 Å². The minimum atomic E-state index is -2.88. The largest absolute Gasteiger partial charge is 0.507 e. The van der Waals surface area contributed by atoms with Crippen LogP contribution in [0.5, 0.6) is 17.2 Å². The number of halogens is 7. The summed E-state index contributed by atoms with van der Waals surface area (Å²) in [6.45, 7) is 1.33. The number of hydrogen-bond acceptors (Lipinski definition) is 8. The first-order valence-corrected chi connectivity index (χ1v) is 16.6. The summed E-state index contributed by atoms with van der Waals surface area (Å²) < 4.78 is 84.5. The second-order valence-electron chi connectivity index (χ2n) is 13.1. The van der Waals surface area contributed by atoms with Gasteiger partial charge >= 0.3 is 0 Å². The third kappa shape index (κ3) is 4.72. The van der Waals surface area contributed by atoms with Gasteiger partial charge in [-0.05, 0) is 49.9 Å². The van der Waals surface area contributed by atoms with Crippen LogP contribution in [-0.2, 0) is 19.2 Å². The minimum absolute atomic E-state index is 0.0498. The van der Waals surface area contributed by atoms with Gasteiger partial charge in [0.1, 0.15) is 22.9 Å². The van der Waals surface area contributed by atoms with E-state index in [0.29, 0.717) is 5.56 Å². The Morgan fingerprint density at radius 3 is 2.00 bits per heavy atom. The molecule has 4 amide bonds. The van der Waals surface area contributed by atoms with Crippen LogP contribution < -0.4 is 19.3 Å². The first-order chi connectivity index (χ1) is 25.0. The Kier molecular flexibility index (Phi) is 8.41.